The third-order valence-corrected chi connectivity index (χ3v) is 5.73. The number of amides is 4. The molecule has 1 atom stereocenters. The number of carbonyl (C=O) groups excluding carboxylic acids is 3. The lowest BCUT2D eigenvalue weighted by Crippen LogP contribution is -2.42. The molecule has 0 saturated carbocycles. The molecule has 0 aliphatic carbocycles. The predicted molar refractivity (Wildman–Crippen MR) is 119 cm³/mol. The van der Waals surface area contributed by atoms with Gasteiger partial charge in [-0.2, -0.15) is 0 Å². The molecule has 8 nitrogen and oxygen atoms in total. The summed E-state index contributed by atoms with van der Waals surface area (Å²) in [4.78, 5) is 39.2. The van der Waals surface area contributed by atoms with E-state index in [1.807, 2.05) is 24.3 Å². The van der Waals surface area contributed by atoms with Crippen molar-refractivity contribution in [1.82, 2.24) is 10.2 Å². The van der Waals surface area contributed by atoms with E-state index in [1.165, 1.54) is 0 Å². The Bertz CT molecular complexity index is 1070. The first kappa shape index (κ1) is 21.7. The van der Waals surface area contributed by atoms with Crippen LogP contribution in [0.2, 0.25) is 0 Å². The molecule has 4 amide bonds. The molecular formula is C24H27N3O5. The number of nitrogens with one attached hydrogen (secondary N) is 2. The quantitative estimate of drug-likeness (QED) is 0.717. The number of fused-ring (bicyclic) bond motifs is 1. The van der Waals surface area contributed by atoms with Crippen molar-refractivity contribution >= 4 is 23.5 Å². The Labute approximate surface area is 186 Å². The van der Waals surface area contributed by atoms with Crippen molar-refractivity contribution in [1.29, 1.82) is 0 Å². The molecule has 2 N–H and O–H groups in total. The molecule has 168 valence electrons. The van der Waals surface area contributed by atoms with Crippen LogP contribution in [0.5, 0.6) is 11.5 Å². The van der Waals surface area contributed by atoms with Gasteiger partial charge in [-0.1, -0.05) is 45.0 Å². The Hall–Kier alpha value is -3.55. The number of nitrogens with zero attached hydrogens (tertiary/aromatic N) is 1. The first-order chi connectivity index (χ1) is 15.1. The first-order valence-electron chi connectivity index (χ1n) is 10.5. The van der Waals surface area contributed by atoms with Crippen LogP contribution in [0, 0.1) is 0 Å². The van der Waals surface area contributed by atoms with Crippen LogP contribution >= 0.6 is 0 Å². The molecule has 2 aromatic carbocycles. The van der Waals surface area contributed by atoms with Gasteiger partial charge in [-0.15, -0.1) is 0 Å². The predicted octanol–water partition coefficient (Wildman–Crippen LogP) is 3.16. The van der Waals surface area contributed by atoms with E-state index in [0.717, 1.165) is 10.5 Å². The van der Waals surface area contributed by atoms with E-state index >= 15 is 0 Å². The molecule has 0 spiro atoms. The molecule has 8 heteroatoms. The van der Waals surface area contributed by atoms with E-state index in [2.05, 4.69) is 31.4 Å². The van der Waals surface area contributed by atoms with Crippen molar-refractivity contribution in [3.63, 3.8) is 0 Å². The SMILES string of the molecule is CC(C)(C)c1ccc([C@]2(C)NC(=O)N(CC(=O)Nc3ccc4c(c3)OCCO4)C2=O)cc1. The monoisotopic (exact) mass is 437 g/mol. The Balaban J connectivity index is 1.46. The van der Waals surface area contributed by atoms with Crippen LogP contribution in [0.1, 0.15) is 38.8 Å². The number of rotatable bonds is 4. The summed E-state index contributed by atoms with van der Waals surface area (Å²) < 4.78 is 11.0. The van der Waals surface area contributed by atoms with Crippen LogP contribution in [-0.2, 0) is 20.5 Å². The van der Waals surface area contributed by atoms with Crippen molar-refractivity contribution in [3.05, 3.63) is 53.6 Å². The number of benzene rings is 2. The summed E-state index contributed by atoms with van der Waals surface area (Å²) in [6.07, 6.45) is 0. The van der Waals surface area contributed by atoms with Gasteiger partial charge >= 0.3 is 6.03 Å². The van der Waals surface area contributed by atoms with E-state index in [0.29, 0.717) is 36.0 Å². The number of anilines is 1. The standard InChI is InChI=1S/C24H27N3O5/c1-23(2,3)15-5-7-16(8-6-15)24(4)21(29)27(22(30)26-24)14-20(28)25-17-9-10-18-19(13-17)32-12-11-31-18/h5-10,13H,11-12,14H2,1-4H3,(H,25,28)(H,26,30)/t24-/m0/s1. The maximum absolute atomic E-state index is 13.1. The topological polar surface area (TPSA) is 97.0 Å². The fourth-order valence-electron chi connectivity index (χ4n) is 3.81. The molecule has 2 heterocycles. The van der Waals surface area contributed by atoms with E-state index in [9.17, 15) is 14.4 Å². The van der Waals surface area contributed by atoms with Crippen LogP contribution in [0.4, 0.5) is 10.5 Å². The average Bonchev–Trinajstić information content (AvgIpc) is 2.97. The Kier molecular flexibility index (Phi) is 5.32. The van der Waals surface area contributed by atoms with Crippen LogP contribution in [0.25, 0.3) is 0 Å². The lowest BCUT2D eigenvalue weighted by Gasteiger charge is -2.24. The van der Waals surface area contributed by atoms with Gasteiger partial charge in [-0.25, -0.2) is 4.79 Å². The third-order valence-electron chi connectivity index (χ3n) is 5.73. The van der Waals surface area contributed by atoms with Crippen LogP contribution < -0.4 is 20.1 Å². The van der Waals surface area contributed by atoms with E-state index in [-0.39, 0.29) is 5.41 Å². The number of ether oxygens (including phenoxy) is 2. The van der Waals surface area contributed by atoms with Gasteiger partial charge in [0.25, 0.3) is 5.91 Å². The molecule has 0 aromatic heterocycles. The Morgan fingerprint density at radius 3 is 2.38 bits per heavy atom. The highest BCUT2D eigenvalue weighted by Crippen LogP contribution is 2.33. The fraction of sp³-hybridized carbons (Fsp3) is 0.375. The zero-order valence-electron chi connectivity index (χ0n) is 18.7. The van der Waals surface area contributed by atoms with Crippen molar-refractivity contribution < 1.29 is 23.9 Å². The second-order valence-corrected chi connectivity index (χ2v) is 9.18. The second kappa shape index (κ2) is 7.85. The number of hydrogen-bond donors (Lipinski definition) is 2. The molecule has 32 heavy (non-hydrogen) atoms. The Morgan fingerprint density at radius 2 is 1.72 bits per heavy atom. The van der Waals surface area contributed by atoms with E-state index < -0.39 is 29.9 Å². The number of carbonyl (C=O) groups is 3. The molecule has 0 bridgehead atoms. The summed E-state index contributed by atoms with van der Waals surface area (Å²) in [5.41, 5.74) is 1.02. The number of urea groups is 1. The molecule has 0 radical (unpaired) electrons. The molecule has 4 rings (SSSR count). The molecule has 2 aliphatic rings. The van der Waals surface area contributed by atoms with Crippen molar-refractivity contribution in [3.8, 4) is 11.5 Å². The van der Waals surface area contributed by atoms with Gasteiger partial charge in [0.2, 0.25) is 5.91 Å². The van der Waals surface area contributed by atoms with Gasteiger partial charge in [0.05, 0.1) is 0 Å². The Morgan fingerprint density at radius 1 is 1.06 bits per heavy atom. The maximum atomic E-state index is 13.1. The summed E-state index contributed by atoms with van der Waals surface area (Å²) in [7, 11) is 0. The molecule has 2 aromatic rings. The van der Waals surface area contributed by atoms with E-state index in [4.69, 9.17) is 9.47 Å². The lowest BCUT2D eigenvalue weighted by molar-refractivity contribution is -0.133. The van der Waals surface area contributed by atoms with Crippen molar-refractivity contribution in [2.75, 3.05) is 25.1 Å². The highest BCUT2D eigenvalue weighted by atomic mass is 16.6. The fourth-order valence-corrected chi connectivity index (χ4v) is 3.81. The zero-order valence-corrected chi connectivity index (χ0v) is 18.7. The minimum Gasteiger partial charge on any atom is -0.486 e. The molecular weight excluding hydrogens is 410 g/mol. The number of hydrogen-bond acceptors (Lipinski definition) is 5. The molecule has 1 saturated heterocycles. The lowest BCUT2D eigenvalue weighted by atomic mass is 9.84. The van der Waals surface area contributed by atoms with Crippen LogP contribution in [-0.4, -0.2) is 42.5 Å². The normalized spacial score (nSPS) is 20.2. The largest absolute Gasteiger partial charge is 0.486 e. The van der Waals surface area contributed by atoms with Gasteiger partial charge in [0.1, 0.15) is 25.3 Å². The molecule has 2 aliphatic heterocycles. The van der Waals surface area contributed by atoms with E-state index in [1.54, 1.807) is 25.1 Å². The molecule has 0 unspecified atom stereocenters. The maximum Gasteiger partial charge on any atom is 0.325 e. The second-order valence-electron chi connectivity index (χ2n) is 9.18. The summed E-state index contributed by atoms with van der Waals surface area (Å²) in [6, 6.07) is 12.0. The summed E-state index contributed by atoms with van der Waals surface area (Å²) in [6.45, 7) is 8.48. The average molecular weight is 437 g/mol. The minimum atomic E-state index is -1.23. The van der Waals surface area contributed by atoms with Gasteiger partial charge in [-0.3, -0.25) is 14.5 Å². The molecule has 1 fully saturated rings. The number of imide groups is 1. The van der Waals surface area contributed by atoms with Crippen LogP contribution in [0.3, 0.4) is 0 Å². The highest BCUT2D eigenvalue weighted by Gasteiger charge is 2.49. The summed E-state index contributed by atoms with van der Waals surface area (Å²) in [5, 5.41) is 5.44. The highest BCUT2D eigenvalue weighted by molar-refractivity contribution is 6.10. The van der Waals surface area contributed by atoms with Crippen molar-refractivity contribution in [2.24, 2.45) is 0 Å². The van der Waals surface area contributed by atoms with Gasteiger partial charge in [-0.05, 0) is 35.6 Å². The zero-order chi connectivity index (χ0) is 23.1. The summed E-state index contributed by atoms with van der Waals surface area (Å²) >= 11 is 0. The van der Waals surface area contributed by atoms with Gasteiger partial charge in [0, 0.05) is 11.8 Å². The van der Waals surface area contributed by atoms with Crippen molar-refractivity contribution in [2.45, 2.75) is 38.6 Å². The van der Waals surface area contributed by atoms with Gasteiger partial charge < -0.3 is 20.1 Å². The first-order valence-corrected chi connectivity index (χ1v) is 10.5. The summed E-state index contributed by atoms with van der Waals surface area (Å²) in [5.74, 6) is 0.188. The smallest absolute Gasteiger partial charge is 0.325 e. The third kappa shape index (κ3) is 4.00. The van der Waals surface area contributed by atoms with Crippen LogP contribution in [0.15, 0.2) is 42.5 Å². The minimum absolute atomic E-state index is 0.0274. The van der Waals surface area contributed by atoms with Gasteiger partial charge in [0.15, 0.2) is 11.5 Å².